The highest BCUT2D eigenvalue weighted by Gasteiger charge is 2.25. The standard InChI is InChI=1S/C53H34N2S2/c1-5-15-35(16-6-1)38-27-29-48-44(31-38)45-32-39(28-30-49(45)55(48)41-21-11-4-12-22-41)42-23-13-25-50-52(42)57-53-43(24-14-26-51(53)56-50)47-34-40(36-17-7-2-8-18-36)33-46(54-47)37-19-9-3-10-20-37/h1-34H. The van der Waals surface area contributed by atoms with Crippen LogP contribution >= 0.6 is 23.5 Å². The van der Waals surface area contributed by atoms with Gasteiger partial charge in [-0.15, -0.1) is 0 Å². The zero-order valence-electron chi connectivity index (χ0n) is 30.8. The molecule has 0 bridgehead atoms. The van der Waals surface area contributed by atoms with Crippen molar-refractivity contribution < 1.29 is 0 Å². The first-order valence-electron chi connectivity index (χ1n) is 19.2. The van der Waals surface area contributed by atoms with E-state index in [2.05, 4.69) is 211 Å². The van der Waals surface area contributed by atoms with Gasteiger partial charge in [-0.2, -0.15) is 0 Å². The maximum Gasteiger partial charge on any atom is 0.0727 e. The summed E-state index contributed by atoms with van der Waals surface area (Å²) in [5.74, 6) is 0. The van der Waals surface area contributed by atoms with Crippen LogP contribution in [0, 0.1) is 0 Å². The molecule has 11 rings (SSSR count). The van der Waals surface area contributed by atoms with Crippen molar-refractivity contribution in [2.24, 2.45) is 0 Å². The Morgan fingerprint density at radius 2 is 0.842 bits per heavy atom. The average molecular weight is 763 g/mol. The van der Waals surface area contributed by atoms with Crippen LogP contribution in [0.3, 0.4) is 0 Å². The van der Waals surface area contributed by atoms with Gasteiger partial charge in [0.2, 0.25) is 0 Å². The highest BCUT2D eigenvalue weighted by Crippen LogP contribution is 2.55. The third kappa shape index (κ3) is 6.06. The molecule has 10 aromatic rings. The molecule has 2 nitrogen and oxygen atoms in total. The highest BCUT2D eigenvalue weighted by molar-refractivity contribution is 8.05. The Balaban J connectivity index is 1.06. The predicted octanol–water partition coefficient (Wildman–Crippen LogP) is 15.1. The van der Waals surface area contributed by atoms with Crippen molar-refractivity contribution in [3.63, 3.8) is 0 Å². The molecule has 0 fully saturated rings. The van der Waals surface area contributed by atoms with Crippen LogP contribution in [-0.4, -0.2) is 9.55 Å². The fraction of sp³-hybridized carbons (Fsp3) is 0. The van der Waals surface area contributed by atoms with E-state index in [1.165, 1.54) is 69.2 Å². The molecule has 4 heteroatoms. The summed E-state index contributed by atoms with van der Waals surface area (Å²) in [7, 11) is 0. The summed E-state index contributed by atoms with van der Waals surface area (Å²) in [6, 6.07) is 74.3. The summed E-state index contributed by atoms with van der Waals surface area (Å²) in [4.78, 5) is 10.4. The second kappa shape index (κ2) is 14.2. The molecular weight excluding hydrogens is 729 g/mol. The van der Waals surface area contributed by atoms with Crippen molar-refractivity contribution >= 4 is 45.3 Å². The van der Waals surface area contributed by atoms with Crippen LogP contribution in [0.1, 0.15) is 0 Å². The molecule has 0 saturated carbocycles. The van der Waals surface area contributed by atoms with E-state index in [4.69, 9.17) is 4.98 Å². The topological polar surface area (TPSA) is 17.8 Å². The molecule has 0 N–H and O–H groups in total. The van der Waals surface area contributed by atoms with E-state index in [0.29, 0.717) is 0 Å². The number of aromatic nitrogens is 2. The van der Waals surface area contributed by atoms with Crippen LogP contribution in [-0.2, 0) is 0 Å². The molecule has 1 aliphatic heterocycles. The van der Waals surface area contributed by atoms with Crippen LogP contribution in [0.4, 0.5) is 0 Å². The Morgan fingerprint density at radius 3 is 1.49 bits per heavy atom. The second-order valence-electron chi connectivity index (χ2n) is 14.3. The van der Waals surface area contributed by atoms with Crippen molar-refractivity contribution in [1.82, 2.24) is 9.55 Å². The molecule has 1 aliphatic rings. The maximum atomic E-state index is 5.34. The first-order valence-corrected chi connectivity index (χ1v) is 20.8. The van der Waals surface area contributed by atoms with Crippen LogP contribution in [0.2, 0.25) is 0 Å². The number of benzene rings is 8. The lowest BCUT2D eigenvalue weighted by Gasteiger charge is -2.23. The minimum Gasteiger partial charge on any atom is -0.309 e. The van der Waals surface area contributed by atoms with E-state index < -0.39 is 0 Å². The normalized spacial score (nSPS) is 12.1. The van der Waals surface area contributed by atoms with Gasteiger partial charge in [0.05, 0.1) is 22.4 Å². The van der Waals surface area contributed by atoms with Crippen molar-refractivity contribution in [2.45, 2.75) is 19.6 Å². The number of hydrogen-bond acceptors (Lipinski definition) is 3. The first-order chi connectivity index (χ1) is 28.2. The zero-order valence-corrected chi connectivity index (χ0v) is 32.5. The second-order valence-corrected chi connectivity index (χ2v) is 16.4. The van der Waals surface area contributed by atoms with Crippen molar-refractivity contribution in [2.75, 3.05) is 0 Å². The number of nitrogens with zero attached hydrogens (tertiary/aromatic N) is 2. The minimum absolute atomic E-state index is 0.970. The summed E-state index contributed by atoms with van der Waals surface area (Å²) in [5, 5.41) is 2.49. The molecule has 0 atom stereocenters. The predicted molar refractivity (Wildman–Crippen MR) is 240 cm³/mol. The molecule has 0 unspecified atom stereocenters. The summed E-state index contributed by atoms with van der Waals surface area (Å²) < 4.78 is 2.40. The fourth-order valence-corrected chi connectivity index (χ4v) is 10.7. The number of fused-ring (bicyclic) bond motifs is 5. The SMILES string of the molecule is c1ccc(-c2cc(-c3ccccc3)nc(-c3cccc4c3Sc3c(cccc3-c3ccc5c(c3)c3cc(-c6ccccc6)ccc3n5-c3ccccc3)S4)c2)cc1. The zero-order chi connectivity index (χ0) is 37.7. The number of hydrogen-bond donors (Lipinski definition) is 0. The third-order valence-electron chi connectivity index (χ3n) is 10.9. The molecule has 0 saturated heterocycles. The van der Waals surface area contributed by atoms with E-state index in [1.807, 2.05) is 23.5 Å². The Kier molecular flexibility index (Phi) is 8.38. The van der Waals surface area contributed by atoms with E-state index >= 15 is 0 Å². The molecular formula is C53H34N2S2. The van der Waals surface area contributed by atoms with E-state index in [1.54, 1.807) is 0 Å². The fourth-order valence-electron chi connectivity index (χ4n) is 8.13. The van der Waals surface area contributed by atoms with Gasteiger partial charge < -0.3 is 4.57 Å². The van der Waals surface area contributed by atoms with Gasteiger partial charge >= 0.3 is 0 Å². The lowest BCUT2D eigenvalue weighted by atomic mass is 10.00. The number of para-hydroxylation sites is 1. The minimum atomic E-state index is 0.970. The van der Waals surface area contributed by atoms with E-state index in [-0.39, 0.29) is 0 Å². The smallest absolute Gasteiger partial charge is 0.0727 e. The van der Waals surface area contributed by atoms with Crippen LogP contribution < -0.4 is 0 Å². The number of pyridine rings is 1. The van der Waals surface area contributed by atoms with Gasteiger partial charge in [0.25, 0.3) is 0 Å². The molecule has 268 valence electrons. The molecule has 0 aliphatic carbocycles. The quantitative estimate of drug-likeness (QED) is 0.168. The molecule has 8 aromatic carbocycles. The van der Waals surface area contributed by atoms with Gasteiger partial charge in [0, 0.05) is 47.2 Å². The monoisotopic (exact) mass is 762 g/mol. The van der Waals surface area contributed by atoms with E-state index in [0.717, 1.165) is 33.8 Å². The lowest BCUT2D eigenvalue weighted by molar-refractivity contribution is 1.15. The van der Waals surface area contributed by atoms with Crippen molar-refractivity contribution in [3.05, 3.63) is 206 Å². The van der Waals surface area contributed by atoms with Crippen molar-refractivity contribution in [1.29, 1.82) is 0 Å². The summed E-state index contributed by atoms with van der Waals surface area (Å²) in [6.45, 7) is 0. The average Bonchev–Trinajstić information content (AvgIpc) is 3.62. The maximum absolute atomic E-state index is 5.34. The Labute approximate surface area is 340 Å². The summed E-state index contributed by atoms with van der Waals surface area (Å²) in [5.41, 5.74) is 15.0. The first kappa shape index (κ1) is 33.7. The highest BCUT2D eigenvalue weighted by atomic mass is 32.2. The Hall–Kier alpha value is -6.59. The van der Waals surface area contributed by atoms with E-state index in [9.17, 15) is 0 Å². The van der Waals surface area contributed by atoms with Gasteiger partial charge in [-0.25, -0.2) is 4.98 Å². The summed E-state index contributed by atoms with van der Waals surface area (Å²) >= 11 is 3.73. The molecule has 0 radical (unpaired) electrons. The number of rotatable bonds is 6. The van der Waals surface area contributed by atoms with Crippen LogP contribution in [0.25, 0.3) is 83.4 Å². The van der Waals surface area contributed by atoms with Gasteiger partial charge in [-0.1, -0.05) is 169 Å². The molecule has 3 heterocycles. The Bertz CT molecular complexity index is 3040. The summed E-state index contributed by atoms with van der Waals surface area (Å²) in [6.07, 6.45) is 0. The van der Waals surface area contributed by atoms with Gasteiger partial charge in [0.15, 0.2) is 0 Å². The van der Waals surface area contributed by atoms with Gasteiger partial charge in [-0.05, 0) is 94.0 Å². The third-order valence-corrected chi connectivity index (χ3v) is 13.5. The largest absolute Gasteiger partial charge is 0.309 e. The Morgan fingerprint density at radius 1 is 0.333 bits per heavy atom. The van der Waals surface area contributed by atoms with Crippen molar-refractivity contribution in [3.8, 4) is 61.6 Å². The van der Waals surface area contributed by atoms with Gasteiger partial charge in [0.1, 0.15) is 0 Å². The van der Waals surface area contributed by atoms with Crippen LogP contribution in [0.15, 0.2) is 226 Å². The lowest BCUT2D eigenvalue weighted by Crippen LogP contribution is -1.97. The van der Waals surface area contributed by atoms with Crippen LogP contribution in [0.5, 0.6) is 0 Å². The molecule has 0 amide bonds. The molecule has 0 spiro atoms. The van der Waals surface area contributed by atoms with Gasteiger partial charge in [-0.3, -0.25) is 0 Å². The molecule has 2 aromatic heterocycles. The molecule has 57 heavy (non-hydrogen) atoms.